The van der Waals surface area contributed by atoms with E-state index in [0.717, 1.165) is 5.69 Å². The zero-order chi connectivity index (χ0) is 9.68. The van der Waals surface area contributed by atoms with Crippen LogP contribution in [0.5, 0.6) is 0 Å². The number of ketones is 1. The molecule has 0 fully saturated rings. The van der Waals surface area contributed by atoms with Gasteiger partial charge in [-0.15, -0.1) is 0 Å². The molecular weight excluding hydrogens is 162 g/mol. The van der Waals surface area contributed by atoms with Crippen LogP contribution in [0.15, 0.2) is 24.3 Å². The maximum Gasteiger partial charge on any atom is 0.151 e. The molecule has 0 bridgehead atoms. The van der Waals surface area contributed by atoms with Crippen molar-refractivity contribution < 1.29 is 4.79 Å². The summed E-state index contributed by atoms with van der Waals surface area (Å²) in [5.41, 5.74) is 2.24. The third-order valence-corrected chi connectivity index (χ3v) is 1.94. The molecule has 0 radical (unpaired) electrons. The molecule has 2 nitrogen and oxygen atoms in total. The summed E-state index contributed by atoms with van der Waals surface area (Å²) in [5.74, 6) is 0.237. The quantitative estimate of drug-likeness (QED) is 0.765. The minimum absolute atomic E-state index is 0.237. The van der Waals surface area contributed by atoms with Gasteiger partial charge in [0.05, 0.1) is 6.54 Å². The fourth-order valence-electron chi connectivity index (χ4n) is 0.997. The Morgan fingerprint density at radius 1 is 1.31 bits per heavy atom. The zero-order valence-electron chi connectivity index (χ0n) is 8.13. The summed E-state index contributed by atoms with van der Waals surface area (Å²) in [7, 11) is 0. The molecule has 0 heterocycles. The van der Waals surface area contributed by atoms with Crippen LogP contribution in [0.25, 0.3) is 0 Å². The zero-order valence-corrected chi connectivity index (χ0v) is 8.13. The van der Waals surface area contributed by atoms with Gasteiger partial charge in [0.15, 0.2) is 5.78 Å². The van der Waals surface area contributed by atoms with Gasteiger partial charge in [-0.25, -0.2) is 0 Å². The fraction of sp³-hybridized carbons (Fsp3) is 0.364. The Morgan fingerprint density at radius 2 is 1.92 bits per heavy atom. The van der Waals surface area contributed by atoms with Crippen LogP contribution >= 0.6 is 0 Å². The molecule has 0 amide bonds. The van der Waals surface area contributed by atoms with E-state index in [4.69, 9.17) is 0 Å². The van der Waals surface area contributed by atoms with E-state index >= 15 is 0 Å². The van der Waals surface area contributed by atoms with Crippen molar-refractivity contribution in [1.29, 1.82) is 0 Å². The van der Waals surface area contributed by atoms with Gasteiger partial charge in [0.25, 0.3) is 0 Å². The molecule has 0 unspecified atom stereocenters. The number of aryl methyl sites for hydroxylation is 1. The number of hydrogen-bond donors (Lipinski definition) is 1. The van der Waals surface area contributed by atoms with E-state index in [2.05, 4.69) is 5.32 Å². The molecule has 0 saturated carbocycles. The van der Waals surface area contributed by atoms with Crippen molar-refractivity contribution in [3.8, 4) is 0 Å². The van der Waals surface area contributed by atoms with Gasteiger partial charge in [-0.2, -0.15) is 0 Å². The number of Topliss-reactive ketones (excluding diaryl/α,β-unsaturated/α-hetero) is 1. The Bertz CT molecular complexity index is 277. The number of benzene rings is 1. The minimum Gasteiger partial charge on any atom is -0.378 e. The van der Waals surface area contributed by atoms with Crippen LogP contribution in [0.1, 0.15) is 18.9 Å². The third kappa shape index (κ3) is 3.28. The molecule has 0 atom stereocenters. The molecule has 2 heteroatoms. The summed E-state index contributed by atoms with van der Waals surface area (Å²) in [5, 5.41) is 3.07. The highest BCUT2D eigenvalue weighted by Gasteiger charge is 1.96. The molecular formula is C11H15NO. The number of rotatable bonds is 4. The lowest BCUT2D eigenvalue weighted by Crippen LogP contribution is -2.12. The summed E-state index contributed by atoms with van der Waals surface area (Å²) >= 11 is 0. The summed E-state index contributed by atoms with van der Waals surface area (Å²) in [6, 6.07) is 8.02. The Balaban J connectivity index is 2.46. The third-order valence-electron chi connectivity index (χ3n) is 1.94. The lowest BCUT2D eigenvalue weighted by molar-refractivity contribution is -0.117. The first kappa shape index (κ1) is 9.78. The van der Waals surface area contributed by atoms with E-state index in [9.17, 15) is 4.79 Å². The molecule has 1 aromatic carbocycles. The molecule has 1 rings (SSSR count). The summed E-state index contributed by atoms with van der Waals surface area (Å²) in [6.07, 6.45) is 0.596. The Hall–Kier alpha value is -1.31. The topological polar surface area (TPSA) is 29.1 Å². The summed E-state index contributed by atoms with van der Waals surface area (Å²) in [4.78, 5) is 11.0. The largest absolute Gasteiger partial charge is 0.378 e. The predicted octanol–water partition coefficient (Wildman–Crippen LogP) is 2.39. The van der Waals surface area contributed by atoms with E-state index in [-0.39, 0.29) is 5.78 Å². The Labute approximate surface area is 79.0 Å². The molecule has 0 aliphatic rings. The van der Waals surface area contributed by atoms with Crippen molar-refractivity contribution in [3.63, 3.8) is 0 Å². The standard InChI is InChI=1S/C11H15NO/c1-3-11(13)8-12-10-6-4-9(2)5-7-10/h4-7,12H,3,8H2,1-2H3. The highest BCUT2D eigenvalue weighted by molar-refractivity contribution is 5.82. The number of hydrogen-bond acceptors (Lipinski definition) is 2. The van der Waals surface area contributed by atoms with Crippen molar-refractivity contribution in [2.75, 3.05) is 11.9 Å². The highest BCUT2D eigenvalue weighted by atomic mass is 16.1. The monoisotopic (exact) mass is 177 g/mol. The second-order valence-electron chi connectivity index (χ2n) is 3.11. The summed E-state index contributed by atoms with van der Waals surface area (Å²) < 4.78 is 0. The van der Waals surface area contributed by atoms with Crippen molar-refractivity contribution in [2.24, 2.45) is 0 Å². The van der Waals surface area contributed by atoms with Gasteiger partial charge in [-0.05, 0) is 19.1 Å². The van der Waals surface area contributed by atoms with E-state index in [1.807, 2.05) is 38.1 Å². The number of anilines is 1. The SMILES string of the molecule is CCC(=O)CNc1ccc(C)cc1. The van der Waals surface area contributed by atoms with Gasteiger partial charge in [0.1, 0.15) is 0 Å². The number of carbonyl (C=O) groups excluding carboxylic acids is 1. The maximum atomic E-state index is 11.0. The maximum absolute atomic E-state index is 11.0. The van der Waals surface area contributed by atoms with Crippen LogP contribution in [0, 0.1) is 6.92 Å². The average Bonchev–Trinajstić information content (AvgIpc) is 2.16. The Morgan fingerprint density at radius 3 is 2.46 bits per heavy atom. The van der Waals surface area contributed by atoms with E-state index in [1.165, 1.54) is 5.56 Å². The van der Waals surface area contributed by atoms with Crippen molar-refractivity contribution >= 4 is 11.5 Å². The molecule has 1 N–H and O–H groups in total. The van der Waals surface area contributed by atoms with Crippen LogP contribution in [-0.4, -0.2) is 12.3 Å². The van der Waals surface area contributed by atoms with Gasteiger partial charge in [0.2, 0.25) is 0 Å². The highest BCUT2D eigenvalue weighted by Crippen LogP contribution is 2.07. The van der Waals surface area contributed by atoms with E-state index < -0.39 is 0 Å². The fourth-order valence-corrected chi connectivity index (χ4v) is 0.997. The summed E-state index contributed by atoms with van der Waals surface area (Å²) in [6.45, 7) is 4.35. The average molecular weight is 177 g/mol. The molecule has 0 aliphatic carbocycles. The van der Waals surface area contributed by atoms with Crippen LogP contribution in [0.4, 0.5) is 5.69 Å². The molecule has 0 aliphatic heterocycles. The van der Waals surface area contributed by atoms with Crippen LogP contribution in [0.2, 0.25) is 0 Å². The Kier molecular flexibility index (Phi) is 3.50. The predicted molar refractivity (Wildman–Crippen MR) is 55.0 cm³/mol. The molecule has 1 aromatic rings. The van der Waals surface area contributed by atoms with Crippen LogP contribution in [-0.2, 0) is 4.79 Å². The normalized spacial score (nSPS) is 9.69. The first-order valence-electron chi connectivity index (χ1n) is 4.54. The van der Waals surface area contributed by atoms with Crippen molar-refractivity contribution in [2.45, 2.75) is 20.3 Å². The van der Waals surface area contributed by atoms with Crippen LogP contribution in [0.3, 0.4) is 0 Å². The number of carbonyl (C=O) groups is 1. The second-order valence-corrected chi connectivity index (χ2v) is 3.11. The molecule has 0 spiro atoms. The minimum atomic E-state index is 0.237. The first-order valence-corrected chi connectivity index (χ1v) is 4.54. The molecule has 13 heavy (non-hydrogen) atoms. The molecule has 70 valence electrons. The van der Waals surface area contributed by atoms with Crippen molar-refractivity contribution in [1.82, 2.24) is 0 Å². The smallest absolute Gasteiger partial charge is 0.151 e. The second kappa shape index (κ2) is 4.65. The van der Waals surface area contributed by atoms with Gasteiger partial charge in [0, 0.05) is 12.1 Å². The van der Waals surface area contributed by atoms with E-state index in [1.54, 1.807) is 0 Å². The molecule has 0 aromatic heterocycles. The molecule has 0 saturated heterocycles. The van der Waals surface area contributed by atoms with Gasteiger partial charge >= 0.3 is 0 Å². The van der Waals surface area contributed by atoms with Crippen LogP contribution < -0.4 is 5.32 Å². The first-order chi connectivity index (χ1) is 6.22. The lowest BCUT2D eigenvalue weighted by atomic mass is 10.2. The lowest BCUT2D eigenvalue weighted by Gasteiger charge is -2.04. The van der Waals surface area contributed by atoms with Gasteiger partial charge in [-0.1, -0.05) is 24.6 Å². The van der Waals surface area contributed by atoms with E-state index in [0.29, 0.717) is 13.0 Å². The van der Waals surface area contributed by atoms with Crippen molar-refractivity contribution in [3.05, 3.63) is 29.8 Å². The van der Waals surface area contributed by atoms with Gasteiger partial charge in [-0.3, -0.25) is 4.79 Å². The van der Waals surface area contributed by atoms with Gasteiger partial charge < -0.3 is 5.32 Å². The number of nitrogens with one attached hydrogen (secondary N) is 1.